The zero-order valence-electron chi connectivity index (χ0n) is 17.0. The first kappa shape index (κ1) is 20.4. The van der Waals surface area contributed by atoms with Gasteiger partial charge in [-0.25, -0.2) is 0 Å². The zero-order valence-corrected chi connectivity index (χ0v) is 17.0. The van der Waals surface area contributed by atoms with E-state index in [2.05, 4.69) is 4.90 Å². The first-order valence-electron chi connectivity index (χ1n) is 9.78. The van der Waals surface area contributed by atoms with Crippen molar-refractivity contribution < 1.29 is 22.6 Å². The molecule has 8 heteroatoms. The molecule has 2 N–H and O–H groups in total. The fourth-order valence-electron chi connectivity index (χ4n) is 4.00. The average molecular weight is 419 g/mol. The first-order chi connectivity index (χ1) is 14.2. The van der Waals surface area contributed by atoms with Crippen LogP contribution in [0, 0.1) is 5.92 Å². The molecule has 2 aromatic rings. The molecule has 1 heterocycles. The Morgan fingerprint density at radius 1 is 1.07 bits per heavy atom. The molecule has 1 unspecified atom stereocenters. The smallest absolute Gasteiger partial charge is 0.416 e. The lowest BCUT2D eigenvalue weighted by atomic mass is 9.98. The Morgan fingerprint density at radius 2 is 1.73 bits per heavy atom. The molecule has 0 bridgehead atoms. The largest absolute Gasteiger partial charge is 0.493 e. The summed E-state index contributed by atoms with van der Waals surface area (Å²) >= 11 is 0. The van der Waals surface area contributed by atoms with E-state index in [1.54, 1.807) is 20.3 Å². The number of hydrogen-bond acceptors (Lipinski definition) is 5. The minimum Gasteiger partial charge on any atom is -0.493 e. The Labute approximate surface area is 173 Å². The third kappa shape index (κ3) is 3.66. The highest BCUT2D eigenvalue weighted by Crippen LogP contribution is 2.47. The maximum absolute atomic E-state index is 13.4. The van der Waals surface area contributed by atoms with Crippen LogP contribution >= 0.6 is 0 Å². The molecule has 2 atom stereocenters. The minimum absolute atomic E-state index is 0.0858. The molecule has 0 radical (unpaired) electrons. The van der Waals surface area contributed by atoms with E-state index in [1.807, 2.05) is 25.3 Å². The summed E-state index contributed by atoms with van der Waals surface area (Å²) in [6.07, 6.45) is -0.725. The average Bonchev–Trinajstić information content (AvgIpc) is 3.55. The molecule has 0 amide bonds. The summed E-state index contributed by atoms with van der Waals surface area (Å²) in [4.78, 5) is 6.81. The summed E-state index contributed by atoms with van der Waals surface area (Å²) in [5.41, 5.74) is 7.33. The first-order valence-corrected chi connectivity index (χ1v) is 9.78. The SMILES string of the molecule is COc1cc2c(cc1OC)N(C(C)c1cc(N)cc(C(F)(F)F)c1)[C@@H](C1CC1)N=C2. The van der Waals surface area contributed by atoms with Crippen molar-refractivity contribution >= 4 is 17.6 Å². The van der Waals surface area contributed by atoms with E-state index in [1.165, 1.54) is 6.07 Å². The maximum Gasteiger partial charge on any atom is 0.416 e. The number of rotatable bonds is 5. The monoisotopic (exact) mass is 419 g/mol. The summed E-state index contributed by atoms with van der Waals surface area (Å²) in [6, 6.07) is 7.05. The highest BCUT2D eigenvalue weighted by Gasteiger charge is 2.40. The van der Waals surface area contributed by atoms with Gasteiger partial charge in [0.15, 0.2) is 11.5 Å². The van der Waals surface area contributed by atoms with Crippen LogP contribution in [0.15, 0.2) is 35.3 Å². The minimum atomic E-state index is -4.46. The highest BCUT2D eigenvalue weighted by atomic mass is 19.4. The summed E-state index contributed by atoms with van der Waals surface area (Å²) < 4.78 is 51.0. The molecule has 5 nitrogen and oxygen atoms in total. The number of halogens is 3. The number of fused-ring (bicyclic) bond motifs is 1. The summed E-state index contributed by atoms with van der Waals surface area (Å²) in [5.74, 6) is 1.50. The van der Waals surface area contributed by atoms with Crippen LogP contribution in [-0.4, -0.2) is 26.6 Å². The zero-order chi connectivity index (χ0) is 21.6. The molecule has 1 aliphatic heterocycles. The molecular formula is C22H24F3N3O2. The number of aliphatic imine (C=N–C) groups is 1. The third-order valence-electron chi connectivity index (χ3n) is 5.71. The molecule has 0 aromatic heterocycles. The van der Waals surface area contributed by atoms with Gasteiger partial charge in [-0.3, -0.25) is 4.99 Å². The van der Waals surface area contributed by atoms with Gasteiger partial charge in [-0.1, -0.05) is 0 Å². The Balaban J connectivity index is 1.82. The van der Waals surface area contributed by atoms with Crippen LogP contribution < -0.4 is 20.1 Å². The Morgan fingerprint density at radius 3 is 2.33 bits per heavy atom. The fourth-order valence-corrected chi connectivity index (χ4v) is 4.00. The Hall–Kier alpha value is -2.90. The number of hydrogen-bond donors (Lipinski definition) is 1. The van der Waals surface area contributed by atoms with Crippen molar-refractivity contribution in [3.8, 4) is 11.5 Å². The molecule has 0 saturated heterocycles. The van der Waals surface area contributed by atoms with Crippen molar-refractivity contribution in [2.75, 3.05) is 24.9 Å². The van der Waals surface area contributed by atoms with Crippen molar-refractivity contribution in [2.45, 2.75) is 38.1 Å². The second-order valence-corrected chi connectivity index (χ2v) is 7.76. The number of nitrogens with two attached hydrogens (primary N) is 1. The lowest BCUT2D eigenvalue weighted by Gasteiger charge is -2.40. The summed E-state index contributed by atoms with van der Waals surface area (Å²) in [7, 11) is 3.11. The van der Waals surface area contributed by atoms with E-state index in [9.17, 15) is 13.2 Å². The second-order valence-electron chi connectivity index (χ2n) is 7.76. The standard InChI is InChI=1S/C22H24F3N3O2/c1-12(14-6-16(22(23,24)25)9-17(26)7-14)28-18-10-20(30-3)19(29-2)8-15(18)11-27-21(28)13-4-5-13/h6-13,21H,4-5,26H2,1-3H3/t12?,21-/m0/s1. The number of anilines is 2. The fraction of sp³-hybridized carbons (Fsp3) is 0.409. The van der Waals surface area contributed by atoms with Crippen LogP contribution in [0.5, 0.6) is 11.5 Å². The van der Waals surface area contributed by atoms with Gasteiger partial charge in [0.05, 0.1) is 31.5 Å². The number of methoxy groups -OCH3 is 2. The van der Waals surface area contributed by atoms with Gasteiger partial charge >= 0.3 is 6.18 Å². The molecule has 1 fully saturated rings. The Kier molecular flexibility index (Phi) is 5.03. The van der Waals surface area contributed by atoms with Gasteiger partial charge in [0, 0.05) is 23.5 Å². The van der Waals surface area contributed by atoms with E-state index in [0.717, 1.165) is 30.2 Å². The van der Waals surface area contributed by atoms with Crippen LogP contribution in [0.2, 0.25) is 0 Å². The Bertz CT molecular complexity index is 986. The van der Waals surface area contributed by atoms with Gasteiger partial charge in [0.1, 0.15) is 6.17 Å². The van der Waals surface area contributed by atoms with Gasteiger partial charge in [0.25, 0.3) is 0 Å². The number of ether oxygens (including phenoxy) is 2. The number of nitrogen functional groups attached to an aromatic ring is 1. The van der Waals surface area contributed by atoms with Crippen LogP contribution in [-0.2, 0) is 6.18 Å². The topological polar surface area (TPSA) is 60.1 Å². The van der Waals surface area contributed by atoms with Crippen LogP contribution in [0.1, 0.15) is 42.5 Å². The number of benzene rings is 2. The predicted molar refractivity (Wildman–Crippen MR) is 110 cm³/mol. The normalized spacial score (nSPS) is 19.4. The summed E-state index contributed by atoms with van der Waals surface area (Å²) in [5, 5.41) is 0. The maximum atomic E-state index is 13.4. The lowest BCUT2D eigenvalue weighted by molar-refractivity contribution is -0.137. The number of alkyl halides is 3. The quantitative estimate of drug-likeness (QED) is 0.690. The van der Waals surface area contributed by atoms with Crippen molar-refractivity contribution in [1.29, 1.82) is 0 Å². The molecular weight excluding hydrogens is 395 g/mol. The molecule has 0 spiro atoms. The molecule has 1 aliphatic carbocycles. The van der Waals surface area contributed by atoms with Crippen molar-refractivity contribution in [2.24, 2.45) is 10.9 Å². The molecule has 2 aliphatic rings. The van der Waals surface area contributed by atoms with Crippen LogP contribution in [0.25, 0.3) is 0 Å². The lowest BCUT2D eigenvalue weighted by Crippen LogP contribution is -2.40. The van der Waals surface area contributed by atoms with Gasteiger partial charge in [-0.15, -0.1) is 0 Å². The van der Waals surface area contributed by atoms with E-state index >= 15 is 0 Å². The molecule has 2 aromatic carbocycles. The van der Waals surface area contributed by atoms with Gasteiger partial charge in [-0.2, -0.15) is 13.2 Å². The van der Waals surface area contributed by atoms with E-state index in [-0.39, 0.29) is 17.9 Å². The van der Waals surface area contributed by atoms with E-state index in [0.29, 0.717) is 23.0 Å². The summed E-state index contributed by atoms with van der Waals surface area (Å²) in [6.45, 7) is 1.88. The van der Waals surface area contributed by atoms with Crippen molar-refractivity contribution in [3.63, 3.8) is 0 Å². The third-order valence-corrected chi connectivity index (χ3v) is 5.71. The van der Waals surface area contributed by atoms with Crippen molar-refractivity contribution in [3.05, 3.63) is 47.0 Å². The van der Waals surface area contributed by atoms with Gasteiger partial charge in [0.2, 0.25) is 0 Å². The van der Waals surface area contributed by atoms with E-state index < -0.39 is 11.7 Å². The second kappa shape index (κ2) is 7.41. The van der Waals surface area contributed by atoms with Gasteiger partial charge < -0.3 is 20.1 Å². The van der Waals surface area contributed by atoms with Crippen LogP contribution in [0.4, 0.5) is 24.5 Å². The molecule has 4 rings (SSSR count). The molecule has 30 heavy (non-hydrogen) atoms. The van der Waals surface area contributed by atoms with Crippen molar-refractivity contribution in [1.82, 2.24) is 0 Å². The predicted octanol–water partition coefficient (Wildman–Crippen LogP) is 5.04. The van der Waals surface area contributed by atoms with E-state index in [4.69, 9.17) is 20.2 Å². The molecule has 1 saturated carbocycles. The number of nitrogens with zero attached hydrogens (tertiary/aromatic N) is 2. The molecule has 160 valence electrons. The highest BCUT2D eigenvalue weighted by molar-refractivity contribution is 5.92. The van der Waals surface area contributed by atoms with Crippen LogP contribution in [0.3, 0.4) is 0 Å². The van der Waals surface area contributed by atoms with Gasteiger partial charge in [-0.05, 0) is 55.5 Å².